The second-order valence-corrected chi connectivity index (χ2v) is 8.88. The summed E-state index contributed by atoms with van der Waals surface area (Å²) in [6.45, 7) is 1.79. The molecule has 1 saturated heterocycles. The molecule has 0 atom stereocenters. The Balaban J connectivity index is 0.00000256. The van der Waals surface area contributed by atoms with Gasteiger partial charge in [-0.2, -0.15) is 0 Å². The molecule has 5 nitrogen and oxygen atoms in total. The molecule has 0 unspecified atom stereocenters. The molecule has 1 heterocycles. The average molecular weight is 439 g/mol. The number of hydrogen-bond donors (Lipinski definition) is 2. The Hall–Kier alpha value is -1.63. The number of amides is 1. The van der Waals surface area contributed by atoms with Gasteiger partial charge in [-0.3, -0.25) is 4.79 Å². The first-order chi connectivity index (χ1) is 14.1. The molecule has 0 aromatic heterocycles. The van der Waals surface area contributed by atoms with Crippen LogP contribution in [0.2, 0.25) is 0 Å². The molecule has 1 aliphatic heterocycles. The molecular weight excluding hydrogens is 407 g/mol. The molecule has 2 aliphatic carbocycles. The zero-order chi connectivity index (χ0) is 20.3. The molecule has 0 radical (unpaired) electrons. The number of carbonyl (C=O) groups excluding carboxylic acids is 1. The smallest absolute Gasteiger partial charge is 0.226 e. The Kier molecular flexibility index (Phi) is 7.43. The predicted molar refractivity (Wildman–Crippen MR) is 117 cm³/mol. The molecule has 166 valence electrons. The quantitative estimate of drug-likeness (QED) is 0.679. The summed E-state index contributed by atoms with van der Waals surface area (Å²) in [5.74, 6) is 0.952. The maximum Gasteiger partial charge on any atom is 0.226 e. The fourth-order valence-electron chi connectivity index (χ4n) is 5.30. The Morgan fingerprint density at radius 1 is 1.20 bits per heavy atom. The first-order valence-electron chi connectivity index (χ1n) is 10.7. The lowest BCUT2D eigenvalue weighted by atomic mass is 9.77. The van der Waals surface area contributed by atoms with Crippen LogP contribution in [0.4, 0.5) is 4.39 Å². The van der Waals surface area contributed by atoms with Crippen molar-refractivity contribution in [1.29, 1.82) is 0 Å². The van der Waals surface area contributed by atoms with E-state index < -0.39 is 0 Å². The summed E-state index contributed by atoms with van der Waals surface area (Å²) in [5.41, 5.74) is 7.05. The SMILES string of the molecule is Cl.NC/C(=C\F)COc1ccc(C23CCC(C(=O)NC4CCOCC4)(CC2)C3)cc1. The highest BCUT2D eigenvalue weighted by molar-refractivity contribution is 5.85. The highest BCUT2D eigenvalue weighted by Gasteiger charge is 2.58. The van der Waals surface area contributed by atoms with E-state index >= 15 is 0 Å². The summed E-state index contributed by atoms with van der Waals surface area (Å²) in [4.78, 5) is 13.1. The second-order valence-electron chi connectivity index (χ2n) is 8.88. The average Bonchev–Trinajstić information content (AvgIpc) is 3.35. The third-order valence-corrected chi connectivity index (χ3v) is 7.19. The van der Waals surface area contributed by atoms with Gasteiger partial charge in [-0.25, -0.2) is 4.39 Å². The molecule has 3 N–H and O–H groups in total. The van der Waals surface area contributed by atoms with Crippen LogP contribution >= 0.6 is 12.4 Å². The Morgan fingerprint density at radius 2 is 1.87 bits per heavy atom. The number of hydrogen-bond acceptors (Lipinski definition) is 4. The number of rotatable bonds is 7. The third kappa shape index (κ3) is 4.51. The summed E-state index contributed by atoms with van der Waals surface area (Å²) in [7, 11) is 0. The van der Waals surface area contributed by atoms with E-state index in [1.807, 2.05) is 12.1 Å². The molecule has 7 heteroatoms. The molecular formula is C23H32ClFN2O3. The van der Waals surface area contributed by atoms with Crippen LogP contribution in [-0.4, -0.2) is 38.3 Å². The topological polar surface area (TPSA) is 73.6 Å². The van der Waals surface area contributed by atoms with Gasteiger partial charge in [0.15, 0.2) is 0 Å². The van der Waals surface area contributed by atoms with Gasteiger partial charge in [-0.15, -0.1) is 12.4 Å². The minimum absolute atomic E-state index is 0. The van der Waals surface area contributed by atoms with Crippen LogP contribution < -0.4 is 15.8 Å². The zero-order valence-corrected chi connectivity index (χ0v) is 18.1. The second kappa shape index (κ2) is 9.67. The lowest BCUT2D eigenvalue weighted by Gasteiger charge is -2.30. The zero-order valence-electron chi connectivity index (χ0n) is 17.3. The van der Waals surface area contributed by atoms with Crippen LogP contribution in [0.3, 0.4) is 0 Å². The number of carbonyl (C=O) groups is 1. The first kappa shape index (κ1) is 23.0. The predicted octanol–water partition coefficient (Wildman–Crippen LogP) is 3.80. The van der Waals surface area contributed by atoms with Crippen LogP contribution in [0.5, 0.6) is 5.75 Å². The van der Waals surface area contributed by atoms with Gasteiger partial charge in [-0.05, 0) is 68.1 Å². The molecule has 1 aromatic carbocycles. The van der Waals surface area contributed by atoms with Gasteiger partial charge in [0.25, 0.3) is 0 Å². The fourth-order valence-corrected chi connectivity index (χ4v) is 5.30. The Morgan fingerprint density at radius 3 is 2.47 bits per heavy atom. The Bertz CT molecular complexity index is 754. The van der Waals surface area contributed by atoms with E-state index in [0.717, 1.165) is 58.2 Å². The molecule has 1 aromatic rings. The van der Waals surface area contributed by atoms with Crippen molar-refractivity contribution in [2.75, 3.05) is 26.4 Å². The Labute approximate surface area is 184 Å². The van der Waals surface area contributed by atoms with Crippen LogP contribution in [0.15, 0.2) is 36.2 Å². The van der Waals surface area contributed by atoms with Crippen LogP contribution in [0.1, 0.15) is 50.5 Å². The lowest BCUT2D eigenvalue weighted by molar-refractivity contribution is -0.132. The van der Waals surface area contributed by atoms with Crippen molar-refractivity contribution in [3.8, 4) is 5.75 Å². The lowest BCUT2D eigenvalue weighted by Crippen LogP contribution is -2.45. The first-order valence-corrected chi connectivity index (χ1v) is 10.7. The van der Waals surface area contributed by atoms with Gasteiger partial charge in [0.2, 0.25) is 5.91 Å². The molecule has 2 saturated carbocycles. The molecule has 3 aliphatic rings. The van der Waals surface area contributed by atoms with Gasteiger partial charge in [0.1, 0.15) is 12.4 Å². The summed E-state index contributed by atoms with van der Waals surface area (Å²) in [6.07, 6.45) is 7.29. The van der Waals surface area contributed by atoms with E-state index in [4.69, 9.17) is 15.2 Å². The minimum atomic E-state index is -0.213. The van der Waals surface area contributed by atoms with E-state index in [2.05, 4.69) is 17.4 Å². The van der Waals surface area contributed by atoms with Crippen molar-refractivity contribution in [2.45, 2.75) is 56.4 Å². The van der Waals surface area contributed by atoms with Crippen molar-refractivity contribution < 1.29 is 18.7 Å². The van der Waals surface area contributed by atoms with Crippen LogP contribution in [0, 0.1) is 5.41 Å². The largest absolute Gasteiger partial charge is 0.489 e. The van der Waals surface area contributed by atoms with Crippen molar-refractivity contribution in [1.82, 2.24) is 5.32 Å². The molecule has 2 bridgehead atoms. The van der Waals surface area contributed by atoms with Crippen LogP contribution in [-0.2, 0) is 14.9 Å². The molecule has 3 fully saturated rings. The van der Waals surface area contributed by atoms with Crippen LogP contribution in [0.25, 0.3) is 0 Å². The van der Waals surface area contributed by atoms with E-state index in [-0.39, 0.29) is 48.3 Å². The number of nitrogens with two attached hydrogens (primary N) is 1. The summed E-state index contributed by atoms with van der Waals surface area (Å²) >= 11 is 0. The maximum absolute atomic E-state index is 13.1. The summed E-state index contributed by atoms with van der Waals surface area (Å²) < 4.78 is 23.6. The van der Waals surface area contributed by atoms with E-state index in [0.29, 0.717) is 17.7 Å². The maximum atomic E-state index is 13.1. The third-order valence-electron chi connectivity index (χ3n) is 7.19. The monoisotopic (exact) mass is 438 g/mol. The van der Waals surface area contributed by atoms with E-state index in [1.54, 1.807) is 0 Å². The number of halogens is 2. The molecule has 4 rings (SSSR count). The van der Waals surface area contributed by atoms with Gasteiger partial charge in [0, 0.05) is 31.4 Å². The fraction of sp³-hybridized carbons (Fsp3) is 0.609. The molecule has 0 spiro atoms. The van der Waals surface area contributed by atoms with E-state index in [1.165, 1.54) is 5.56 Å². The minimum Gasteiger partial charge on any atom is -0.489 e. The van der Waals surface area contributed by atoms with Gasteiger partial charge < -0.3 is 20.5 Å². The summed E-state index contributed by atoms with van der Waals surface area (Å²) in [6, 6.07) is 8.35. The van der Waals surface area contributed by atoms with Gasteiger partial charge in [0.05, 0.1) is 11.7 Å². The highest BCUT2D eigenvalue weighted by atomic mass is 35.5. The standard InChI is InChI=1S/C23H31FN2O3.ClH/c24-13-17(14-25)15-29-20-3-1-18(2-4-20)22-7-9-23(16-22,10-8-22)21(27)26-19-5-11-28-12-6-19;/h1-4,13,19H,5-12,14-16,25H2,(H,26,27);1H/b17-13+;. The van der Waals surface area contributed by atoms with Gasteiger partial charge >= 0.3 is 0 Å². The van der Waals surface area contributed by atoms with Gasteiger partial charge in [-0.1, -0.05) is 12.1 Å². The molecule has 30 heavy (non-hydrogen) atoms. The highest BCUT2D eigenvalue weighted by Crippen LogP contribution is 2.62. The van der Waals surface area contributed by atoms with Crippen molar-refractivity contribution in [3.63, 3.8) is 0 Å². The number of fused-ring (bicyclic) bond motifs is 2. The number of benzene rings is 1. The number of nitrogens with one attached hydrogen (secondary N) is 1. The number of ether oxygens (including phenoxy) is 2. The van der Waals surface area contributed by atoms with Crippen molar-refractivity contribution in [3.05, 3.63) is 41.7 Å². The molecule has 1 amide bonds. The normalized spacial score (nSPS) is 28.8. The summed E-state index contributed by atoms with van der Waals surface area (Å²) in [5, 5.41) is 3.31. The van der Waals surface area contributed by atoms with E-state index in [9.17, 15) is 9.18 Å². The van der Waals surface area contributed by atoms with Crippen molar-refractivity contribution in [2.24, 2.45) is 11.1 Å². The van der Waals surface area contributed by atoms with Crippen molar-refractivity contribution >= 4 is 18.3 Å².